The molecule has 1 aromatic heterocycles. The third-order valence-corrected chi connectivity index (χ3v) is 1.03. The summed E-state index contributed by atoms with van der Waals surface area (Å²) in [5.74, 6) is 0. The first-order valence-electron chi connectivity index (χ1n) is 2.56. The largest absolute Gasteiger partial charge is 0.434 e. The molecule has 0 saturated heterocycles. The molecule has 0 bridgehead atoms. The summed E-state index contributed by atoms with van der Waals surface area (Å²) in [7, 11) is 0. The second-order valence-electron chi connectivity index (χ2n) is 1.74. The van der Waals surface area contributed by atoms with E-state index < -0.39 is 17.6 Å². The molecule has 1 rings (SSSR count). The Balaban J connectivity index is 3.15. The van der Waals surface area contributed by atoms with Crippen molar-refractivity contribution in [3.63, 3.8) is 0 Å². The van der Waals surface area contributed by atoms with Crippen LogP contribution >= 0.6 is 0 Å². The van der Waals surface area contributed by atoms with Gasteiger partial charge in [-0.15, -0.1) is 0 Å². The molecule has 0 unspecified atom stereocenters. The van der Waals surface area contributed by atoms with E-state index in [1.54, 1.807) is 0 Å². The maximum Gasteiger partial charge on any atom is 0.434 e. The highest BCUT2D eigenvalue weighted by Gasteiger charge is 2.35. The van der Waals surface area contributed by atoms with Crippen molar-refractivity contribution in [2.24, 2.45) is 0 Å². The third kappa shape index (κ3) is 1.32. The molecule has 1 heterocycles. The lowest BCUT2D eigenvalue weighted by molar-refractivity contribution is -0.141. The Morgan fingerprint density at radius 3 is 2.55 bits per heavy atom. The quantitative estimate of drug-likeness (QED) is 0.623. The molecule has 0 aliphatic rings. The first-order chi connectivity index (χ1) is 5.05. The van der Waals surface area contributed by atoms with Crippen LogP contribution in [0.2, 0.25) is 0 Å². The number of nitriles is 1. The summed E-state index contributed by atoms with van der Waals surface area (Å²) in [6, 6.07) is 1.32. The Labute approximate surface area is 59.5 Å². The van der Waals surface area contributed by atoms with E-state index in [4.69, 9.17) is 5.26 Å². The monoisotopic (exact) mass is 161 g/mol. The maximum atomic E-state index is 11.8. The highest BCUT2D eigenvalue weighted by molar-refractivity contribution is 5.27. The van der Waals surface area contributed by atoms with Gasteiger partial charge in [0.05, 0.1) is 6.33 Å². The Kier molecular flexibility index (Phi) is 1.57. The molecule has 11 heavy (non-hydrogen) atoms. The molecular formula is C5H2F3N3. The number of aromatic amines is 1. The SMILES string of the molecule is N#Cc1nc[nH]c1C(F)(F)F. The summed E-state index contributed by atoms with van der Waals surface area (Å²) < 4.78 is 35.5. The summed E-state index contributed by atoms with van der Waals surface area (Å²) in [6.45, 7) is 0. The topological polar surface area (TPSA) is 52.5 Å². The molecule has 0 atom stereocenters. The molecule has 0 aliphatic carbocycles. The zero-order chi connectivity index (χ0) is 8.48. The van der Waals surface area contributed by atoms with Crippen molar-refractivity contribution >= 4 is 0 Å². The van der Waals surface area contributed by atoms with Crippen LogP contribution in [0.3, 0.4) is 0 Å². The molecule has 0 radical (unpaired) electrons. The van der Waals surface area contributed by atoms with Crippen LogP contribution in [0.15, 0.2) is 6.33 Å². The number of H-pyrrole nitrogens is 1. The number of hydrogen-bond donors (Lipinski definition) is 1. The molecule has 58 valence electrons. The smallest absolute Gasteiger partial charge is 0.340 e. The van der Waals surface area contributed by atoms with E-state index in [1.165, 1.54) is 6.07 Å². The first kappa shape index (κ1) is 7.60. The highest BCUT2D eigenvalue weighted by atomic mass is 19.4. The Bertz CT molecular complexity index is 293. The maximum absolute atomic E-state index is 11.8. The Hall–Kier alpha value is -1.51. The fraction of sp³-hybridized carbons (Fsp3) is 0.200. The van der Waals surface area contributed by atoms with Crippen LogP contribution in [0.25, 0.3) is 0 Å². The van der Waals surface area contributed by atoms with Gasteiger partial charge in [-0.05, 0) is 0 Å². The van der Waals surface area contributed by atoms with Crippen molar-refractivity contribution in [3.05, 3.63) is 17.7 Å². The predicted octanol–water partition coefficient (Wildman–Crippen LogP) is 1.30. The molecule has 1 aromatic rings. The van der Waals surface area contributed by atoms with E-state index in [0.29, 0.717) is 0 Å². The standard InChI is InChI=1S/C5H2F3N3/c6-5(7,8)4-3(1-9)10-2-11-4/h2H,(H,10,11). The predicted molar refractivity (Wildman–Crippen MR) is 28.3 cm³/mol. The molecule has 3 nitrogen and oxygen atoms in total. The number of aromatic nitrogens is 2. The molecule has 0 aliphatic heterocycles. The summed E-state index contributed by atoms with van der Waals surface area (Å²) in [5.41, 5.74) is -1.72. The zero-order valence-corrected chi connectivity index (χ0v) is 5.11. The van der Waals surface area contributed by atoms with Crippen molar-refractivity contribution in [1.82, 2.24) is 9.97 Å². The van der Waals surface area contributed by atoms with Crippen molar-refractivity contribution in [2.45, 2.75) is 6.18 Å². The van der Waals surface area contributed by atoms with E-state index in [0.717, 1.165) is 6.33 Å². The molecule has 0 aromatic carbocycles. The molecule has 1 N–H and O–H groups in total. The molecule has 0 saturated carbocycles. The van der Waals surface area contributed by atoms with E-state index in [9.17, 15) is 13.2 Å². The highest BCUT2D eigenvalue weighted by Crippen LogP contribution is 2.28. The van der Waals surface area contributed by atoms with Gasteiger partial charge in [-0.25, -0.2) is 4.98 Å². The number of halogens is 3. The lowest BCUT2D eigenvalue weighted by atomic mass is 10.3. The number of rotatable bonds is 0. The fourth-order valence-corrected chi connectivity index (χ4v) is 0.595. The van der Waals surface area contributed by atoms with Gasteiger partial charge in [-0.3, -0.25) is 0 Å². The lowest BCUT2D eigenvalue weighted by Crippen LogP contribution is -2.07. The van der Waals surface area contributed by atoms with Gasteiger partial charge in [0.1, 0.15) is 6.07 Å². The molecule has 0 amide bonds. The van der Waals surface area contributed by atoms with E-state index in [1.807, 2.05) is 4.98 Å². The third-order valence-electron chi connectivity index (χ3n) is 1.03. The Morgan fingerprint density at radius 1 is 1.55 bits per heavy atom. The summed E-state index contributed by atoms with van der Waals surface area (Å²) in [6.07, 6.45) is -3.69. The number of nitrogens with zero attached hydrogens (tertiary/aromatic N) is 2. The number of hydrogen-bond acceptors (Lipinski definition) is 2. The summed E-state index contributed by atoms with van der Waals surface area (Å²) in [4.78, 5) is 5.00. The molecule has 0 fully saturated rings. The lowest BCUT2D eigenvalue weighted by Gasteiger charge is -2.01. The minimum Gasteiger partial charge on any atom is -0.340 e. The minimum absolute atomic E-state index is 0.627. The van der Waals surface area contributed by atoms with E-state index >= 15 is 0 Å². The van der Waals surface area contributed by atoms with Gasteiger partial charge in [0, 0.05) is 0 Å². The van der Waals surface area contributed by atoms with Gasteiger partial charge in [0.25, 0.3) is 0 Å². The van der Waals surface area contributed by atoms with Crippen molar-refractivity contribution in [2.75, 3.05) is 0 Å². The fourth-order valence-electron chi connectivity index (χ4n) is 0.595. The second kappa shape index (κ2) is 2.27. The van der Waals surface area contributed by atoms with E-state index in [-0.39, 0.29) is 0 Å². The van der Waals surface area contributed by atoms with E-state index in [2.05, 4.69) is 4.98 Å². The minimum atomic E-state index is -4.53. The van der Waals surface area contributed by atoms with Crippen LogP contribution in [0.4, 0.5) is 13.2 Å². The molecule has 6 heteroatoms. The average Bonchev–Trinajstić information content (AvgIpc) is 2.31. The molecular weight excluding hydrogens is 159 g/mol. The van der Waals surface area contributed by atoms with Gasteiger partial charge in [0.15, 0.2) is 11.4 Å². The van der Waals surface area contributed by atoms with Crippen LogP contribution in [0, 0.1) is 11.3 Å². The molecule has 0 spiro atoms. The van der Waals surface area contributed by atoms with Gasteiger partial charge >= 0.3 is 6.18 Å². The van der Waals surface area contributed by atoms with Crippen LogP contribution in [0.5, 0.6) is 0 Å². The van der Waals surface area contributed by atoms with Crippen molar-refractivity contribution < 1.29 is 13.2 Å². The number of imidazole rings is 1. The normalized spacial score (nSPS) is 11.1. The van der Waals surface area contributed by atoms with Gasteiger partial charge in [-0.2, -0.15) is 18.4 Å². The van der Waals surface area contributed by atoms with Gasteiger partial charge in [0.2, 0.25) is 0 Å². The van der Waals surface area contributed by atoms with Gasteiger partial charge < -0.3 is 4.98 Å². The number of alkyl halides is 3. The van der Waals surface area contributed by atoms with Gasteiger partial charge in [-0.1, -0.05) is 0 Å². The Morgan fingerprint density at radius 2 is 2.18 bits per heavy atom. The van der Waals surface area contributed by atoms with Crippen LogP contribution in [0.1, 0.15) is 11.4 Å². The van der Waals surface area contributed by atoms with Crippen molar-refractivity contribution in [1.29, 1.82) is 5.26 Å². The zero-order valence-electron chi connectivity index (χ0n) is 5.11. The van der Waals surface area contributed by atoms with Crippen LogP contribution < -0.4 is 0 Å². The summed E-state index contributed by atoms with van der Waals surface area (Å²) >= 11 is 0. The van der Waals surface area contributed by atoms with Crippen LogP contribution in [-0.2, 0) is 6.18 Å². The second-order valence-corrected chi connectivity index (χ2v) is 1.74. The van der Waals surface area contributed by atoms with Crippen molar-refractivity contribution in [3.8, 4) is 6.07 Å². The average molecular weight is 161 g/mol. The first-order valence-corrected chi connectivity index (χ1v) is 2.56. The van der Waals surface area contributed by atoms with Crippen LogP contribution in [-0.4, -0.2) is 9.97 Å². The number of nitrogens with one attached hydrogen (secondary N) is 1. The summed E-state index contributed by atoms with van der Waals surface area (Å²) in [5, 5.41) is 8.14.